The Hall–Kier alpha value is -3.06. The van der Waals surface area contributed by atoms with Crippen molar-refractivity contribution < 1.29 is 13.2 Å². The molecule has 0 spiro atoms. The highest BCUT2D eigenvalue weighted by atomic mass is 32.2. The van der Waals surface area contributed by atoms with Crippen LogP contribution in [0, 0.1) is 13.8 Å². The lowest BCUT2D eigenvalue weighted by Gasteiger charge is -2.15. The maximum atomic E-state index is 12.9. The molecule has 29 heavy (non-hydrogen) atoms. The van der Waals surface area contributed by atoms with Gasteiger partial charge in [0.2, 0.25) is 0 Å². The van der Waals surface area contributed by atoms with Gasteiger partial charge in [-0.25, -0.2) is 18.4 Å². The maximum Gasteiger partial charge on any atom is 0.251 e. The van der Waals surface area contributed by atoms with E-state index >= 15 is 0 Å². The van der Waals surface area contributed by atoms with Gasteiger partial charge in [0.05, 0.1) is 10.9 Å². The molecule has 0 saturated heterocycles. The third-order valence-corrected chi connectivity index (χ3v) is 5.72. The Balaban J connectivity index is 1.96. The van der Waals surface area contributed by atoms with Crippen molar-refractivity contribution in [3.8, 4) is 11.1 Å². The molecule has 6 nitrogen and oxygen atoms in total. The molecule has 3 rings (SSSR count). The molecular weight excluding hydrogens is 386 g/mol. The van der Waals surface area contributed by atoms with Crippen LogP contribution in [0.4, 0.5) is 0 Å². The van der Waals surface area contributed by atoms with E-state index in [-0.39, 0.29) is 22.4 Å². The van der Waals surface area contributed by atoms with Gasteiger partial charge in [0.25, 0.3) is 5.91 Å². The highest BCUT2D eigenvalue weighted by Crippen LogP contribution is 2.25. The van der Waals surface area contributed by atoms with Crippen LogP contribution in [-0.4, -0.2) is 30.5 Å². The second-order valence-corrected chi connectivity index (χ2v) is 9.16. The fraction of sp³-hybridized carbons (Fsp3) is 0.227. The van der Waals surface area contributed by atoms with E-state index in [4.69, 9.17) is 0 Å². The predicted octanol–water partition coefficient (Wildman–Crippen LogP) is 3.65. The topological polar surface area (TPSA) is 89.0 Å². The molecule has 150 valence electrons. The van der Waals surface area contributed by atoms with Crippen LogP contribution in [0.1, 0.15) is 40.3 Å². The van der Waals surface area contributed by atoms with E-state index in [0.717, 1.165) is 22.9 Å². The van der Waals surface area contributed by atoms with Gasteiger partial charge in [-0.3, -0.25) is 4.79 Å². The van der Waals surface area contributed by atoms with Crippen molar-refractivity contribution in [2.24, 2.45) is 0 Å². The molecule has 0 saturated carbocycles. The minimum Gasteiger partial charge on any atom is -0.345 e. The number of hydrogen-bond donors (Lipinski definition) is 1. The smallest absolute Gasteiger partial charge is 0.251 e. The molecule has 1 N–H and O–H groups in total. The van der Waals surface area contributed by atoms with Crippen LogP contribution in [0.15, 0.2) is 59.8 Å². The summed E-state index contributed by atoms with van der Waals surface area (Å²) in [7, 11) is -3.48. The maximum absolute atomic E-state index is 12.9. The highest BCUT2D eigenvalue weighted by molar-refractivity contribution is 7.90. The molecular formula is C22H23N3O3S. The first-order chi connectivity index (χ1) is 13.6. The second-order valence-electron chi connectivity index (χ2n) is 7.14. The van der Waals surface area contributed by atoms with Crippen LogP contribution in [0.2, 0.25) is 0 Å². The van der Waals surface area contributed by atoms with Crippen LogP contribution in [0.5, 0.6) is 0 Å². The molecule has 0 aliphatic heterocycles. The number of hydrogen-bond acceptors (Lipinski definition) is 5. The van der Waals surface area contributed by atoms with E-state index in [0.29, 0.717) is 11.4 Å². The number of carbonyl (C=O) groups is 1. The fourth-order valence-corrected chi connectivity index (χ4v) is 3.53. The van der Waals surface area contributed by atoms with Gasteiger partial charge < -0.3 is 5.32 Å². The van der Waals surface area contributed by atoms with Crippen LogP contribution in [0.3, 0.4) is 0 Å². The third-order valence-electron chi connectivity index (χ3n) is 4.63. The number of amides is 1. The third kappa shape index (κ3) is 5.06. The van der Waals surface area contributed by atoms with Crippen molar-refractivity contribution in [2.45, 2.75) is 31.7 Å². The van der Waals surface area contributed by atoms with E-state index in [1.165, 1.54) is 6.07 Å². The van der Waals surface area contributed by atoms with Gasteiger partial charge >= 0.3 is 0 Å². The Bertz CT molecular complexity index is 1140. The lowest BCUT2D eigenvalue weighted by atomic mass is 10.0. The van der Waals surface area contributed by atoms with E-state index in [9.17, 15) is 13.2 Å². The van der Waals surface area contributed by atoms with Crippen LogP contribution in [-0.2, 0) is 9.84 Å². The van der Waals surface area contributed by atoms with E-state index < -0.39 is 9.84 Å². The van der Waals surface area contributed by atoms with Crippen molar-refractivity contribution in [2.75, 3.05) is 6.26 Å². The molecule has 1 amide bonds. The largest absolute Gasteiger partial charge is 0.345 e. The molecule has 1 heterocycles. The van der Waals surface area contributed by atoms with Crippen molar-refractivity contribution in [3.05, 3.63) is 77.4 Å². The Labute approximate surface area is 171 Å². The average molecular weight is 410 g/mol. The van der Waals surface area contributed by atoms with Gasteiger partial charge in [0.1, 0.15) is 5.82 Å². The molecule has 0 bridgehead atoms. The van der Waals surface area contributed by atoms with Crippen LogP contribution >= 0.6 is 0 Å². The SMILES string of the molecule is Cc1ccc(-c2cc(C(=O)NC(C)c3cnc(C)nc3)cc(S(C)(=O)=O)c2)cc1. The number of sulfone groups is 1. The van der Waals surface area contributed by atoms with Crippen LogP contribution < -0.4 is 5.32 Å². The molecule has 0 aliphatic rings. The summed E-state index contributed by atoms with van der Waals surface area (Å²) in [6.07, 6.45) is 4.46. The number of benzene rings is 2. The summed E-state index contributed by atoms with van der Waals surface area (Å²) in [6, 6.07) is 12.1. The summed E-state index contributed by atoms with van der Waals surface area (Å²) in [6.45, 7) is 5.59. The molecule has 0 aliphatic carbocycles. The molecule has 7 heteroatoms. The molecule has 2 aromatic carbocycles. The van der Waals surface area contributed by atoms with Gasteiger partial charge in [-0.2, -0.15) is 0 Å². The number of aromatic nitrogens is 2. The number of nitrogens with zero attached hydrogens (tertiary/aromatic N) is 2. The monoisotopic (exact) mass is 409 g/mol. The minimum absolute atomic E-state index is 0.104. The van der Waals surface area contributed by atoms with E-state index in [2.05, 4.69) is 15.3 Å². The molecule has 1 unspecified atom stereocenters. The zero-order valence-corrected chi connectivity index (χ0v) is 17.6. The van der Waals surface area contributed by atoms with Gasteiger partial charge in [-0.15, -0.1) is 0 Å². The summed E-state index contributed by atoms with van der Waals surface area (Å²) >= 11 is 0. The molecule has 1 aromatic heterocycles. The Morgan fingerprint density at radius 3 is 2.17 bits per heavy atom. The number of aryl methyl sites for hydroxylation is 2. The zero-order chi connectivity index (χ0) is 21.2. The van der Waals surface area contributed by atoms with Crippen molar-refractivity contribution in [1.29, 1.82) is 0 Å². The standard InChI is InChI=1S/C22H23N3O3S/c1-14-5-7-17(8-6-14)18-9-19(11-21(10-18)29(4,27)28)22(26)25-15(2)20-12-23-16(3)24-13-20/h5-13,15H,1-4H3,(H,25,26). The van der Waals surface area contributed by atoms with Crippen LogP contribution in [0.25, 0.3) is 11.1 Å². The molecule has 1 atom stereocenters. The highest BCUT2D eigenvalue weighted by Gasteiger charge is 2.17. The number of carbonyl (C=O) groups excluding carboxylic acids is 1. The molecule has 0 fully saturated rings. The van der Waals surface area contributed by atoms with Crippen molar-refractivity contribution >= 4 is 15.7 Å². The zero-order valence-electron chi connectivity index (χ0n) is 16.8. The number of nitrogens with one attached hydrogen (secondary N) is 1. The first-order valence-electron chi connectivity index (χ1n) is 9.15. The normalized spacial score (nSPS) is 12.4. The summed E-state index contributed by atoms with van der Waals surface area (Å²) < 4.78 is 24.3. The van der Waals surface area contributed by atoms with Crippen molar-refractivity contribution in [1.82, 2.24) is 15.3 Å². The number of rotatable bonds is 5. The lowest BCUT2D eigenvalue weighted by molar-refractivity contribution is 0.0939. The van der Waals surface area contributed by atoms with Gasteiger partial charge in [0.15, 0.2) is 9.84 Å². The molecule has 3 aromatic rings. The average Bonchev–Trinajstić information content (AvgIpc) is 2.68. The van der Waals surface area contributed by atoms with Gasteiger partial charge in [-0.05, 0) is 50.1 Å². The van der Waals surface area contributed by atoms with Crippen molar-refractivity contribution in [3.63, 3.8) is 0 Å². The summed E-state index contributed by atoms with van der Waals surface area (Å²) in [5.41, 5.74) is 3.66. The summed E-state index contributed by atoms with van der Waals surface area (Å²) in [5.74, 6) is 0.285. The van der Waals surface area contributed by atoms with Gasteiger partial charge in [0, 0.05) is 29.8 Å². The Morgan fingerprint density at radius 2 is 1.59 bits per heavy atom. The predicted molar refractivity (Wildman–Crippen MR) is 112 cm³/mol. The fourth-order valence-electron chi connectivity index (χ4n) is 2.85. The van der Waals surface area contributed by atoms with E-state index in [1.54, 1.807) is 31.5 Å². The Morgan fingerprint density at radius 1 is 0.966 bits per heavy atom. The summed E-state index contributed by atoms with van der Waals surface area (Å²) in [4.78, 5) is 21.3. The quantitative estimate of drug-likeness (QED) is 0.695. The van der Waals surface area contributed by atoms with E-state index in [1.807, 2.05) is 38.1 Å². The summed E-state index contributed by atoms with van der Waals surface area (Å²) in [5, 5.41) is 2.88. The first-order valence-corrected chi connectivity index (χ1v) is 11.0. The lowest BCUT2D eigenvalue weighted by Crippen LogP contribution is -2.27. The first kappa shape index (κ1) is 20.7. The second kappa shape index (κ2) is 8.13. The molecule has 0 radical (unpaired) electrons. The van der Waals surface area contributed by atoms with Gasteiger partial charge in [-0.1, -0.05) is 29.8 Å². The Kier molecular flexibility index (Phi) is 5.79. The minimum atomic E-state index is -3.48.